The Balaban J connectivity index is 1.48. The van der Waals surface area contributed by atoms with Gasteiger partial charge in [-0.2, -0.15) is 4.31 Å². The number of carbonyl (C=O) groups is 1. The van der Waals surface area contributed by atoms with E-state index in [1.54, 1.807) is 11.6 Å². The molecule has 8 nitrogen and oxygen atoms in total. The van der Waals surface area contributed by atoms with Crippen molar-refractivity contribution < 1.29 is 18.3 Å². The van der Waals surface area contributed by atoms with Crippen molar-refractivity contribution in [2.24, 2.45) is 12.5 Å². The Morgan fingerprint density at radius 1 is 1.21 bits per heavy atom. The molecule has 0 bridgehead atoms. The third kappa shape index (κ3) is 3.23. The van der Waals surface area contributed by atoms with Crippen LogP contribution in [0.3, 0.4) is 0 Å². The smallest absolute Gasteiger partial charge is 0.262 e. The van der Waals surface area contributed by atoms with Crippen molar-refractivity contribution in [3.8, 4) is 0 Å². The second kappa shape index (κ2) is 6.98. The van der Waals surface area contributed by atoms with E-state index in [4.69, 9.17) is 0 Å². The van der Waals surface area contributed by atoms with Crippen molar-refractivity contribution in [2.45, 2.75) is 36.4 Å². The van der Waals surface area contributed by atoms with Crippen LogP contribution in [-0.2, 0) is 21.9 Å². The van der Waals surface area contributed by atoms with E-state index in [0.717, 1.165) is 5.56 Å². The SMILES string of the molecule is Cn1cnc(S(=O)(=O)N2CCC3(CC2)C[C@@H](O)[C@H](c2ccccc2)NC3=O)c1. The summed E-state index contributed by atoms with van der Waals surface area (Å²) < 4.78 is 28.5. The van der Waals surface area contributed by atoms with Gasteiger partial charge < -0.3 is 15.0 Å². The first-order chi connectivity index (χ1) is 13.3. The van der Waals surface area contributed by atoms with E-state index >= 15 is 0 Å². The molecule has 2 aromatic rings. The van der Waals surface area contributed by atoms with Gasteiger partial charge in [-0.1, -0.05) is 30.3 Å². The van der Waals surface area contributed by atoms with Crippen molar-refractivity contribution in [1.29, 1.82) is 0 Å². The van der Waals surface area contributed by atoms with E-state index < -0.39 is 27.6 Å². The Hall–Kier alpha value is -2.23. The molecule has 2 aliphatic heterocycles. The number of aromatic nitrogens is 2. The Morgan fingerprint density at radius 3 is 2.50 bits per heavy atom. The number of amides is 1. The van der Waals surface area contributed by atoms with Crippen LogP contribution in [0.2, 0.25) is 0 Å². The van der Waals surface area contributed by atoms with Gasteiger partial charge in [0.1, 0.15) is 0 Å². The molecule has 1 aromatic carbocycles. The quantitative estimate of drug-likeness (QED) is 0.788. The minimum Gasteiger partial charge on any atom is -0.391 e. The average Bonchev–Trinajstić information content (AvgIpc) is 3.13. The summed E-state index contributed by atoms with van der Waals surface area (Å²) in [5.74, 6) is -0.110. The summed E-state index contributed by atoms with van der Waals surface area (Å²) in [7, 11) is -1.96. The molecule has 0 saturated carbocycles. The largest absolute Gasteiger partial charge is 0.391 e. The highest BCUT2D eigenvalue weighted by molar-refractivity contribution is 7.89. The molecule has 2 aliphatic rings. The number of nitrogens with zero attached hydrogens (tertiary/aromatic N) is 3. The fourth-order valence-electron chi connectivity index (χ4n) is 4.21. The summed E-state index contributed by atoms with van der Waals surface area (Å²) in [6, 6.07) is 8.97. The summed E-state index contributed by atoms with van der Waals surface area (Å²) in [5, 5.41) is 13.7. The molecular formula is C19H24N4O4S. The predicted octanol–water partition coefficient (Wildman–Crippen LogP) is 0.813. The fraction of sp³-hybridized carbons (Fsp3) is 0.474. The van der Waals surface area contributed by atoms with Gasteiger partial charge in [0.2, 0.25) is 5.91 Å². The number of imidazole rings is 1. The normalized spacial score (nSPS) is 25.6. The first-order valence-electron chi connectivity index (χ1n) is 9.34. The number of nitrogens with one attached hydrogen (secondary N) is 1. The number of benzene rings is 1. The molecule has 0 aliphatic carbocycles. The molecule has 28 heavy (non-hydrogen) atoms. The van der Waals surface area contributed by atoms with Crippen LogP contribution in [0.4, 0.5) is 0 Å². The molecule has 2 fully saturated rings. The zero-order valence-corrected chi connectivity index (χ0v) is 16.5. The number of hydrogen-bond acceptors (Lipinski definition) is 5. The van der Waals surface area contributed by atoms with E-state index in [1.807, 2.05) is 30.3 Å². The third-order valence-corrected chi connectivity index (χ3v) is 7.66. The first-order valence-corrected chi connectivity index (χ1v) is 10.8. The molecule has 1 amide bonds. The second-order valence-corrected chi connectivity index (χ2v) is 9.58. The number of aliphatic hydroxyl groups is 1. The molecule has 2 N–H and O–H groups in total. The lowest BCUT2D eigenvalue weighted by atomic mass is 9.69. The highest BCUT2D eigenvalue weighted by Crippen LogP contribution is 2.43. The predicted molar refractivity (Wildman–Crippen MR) is 102 cm³/mol. The number of aryl methyl sites for hydroxylation is 1. The summed E-state index contributed by atoms with van der Waals surface area (Å²) in [5.41, 5.74) is 0.134. The van der Waals surface area contributed by atoms with Gasteiger partial charge in [0.05, 0.1) is 23.9 Å². The molecular weight excluding hydrogens is 380 g/mol. The Bertz CT molecular complexity index is 965. The Kier molecular flexibility index (Phi) is 4.76. The minimum atomic E-state index is -3.67. The highest BCUT2D eigenvalue weighted by atomic mass is 32.2. The van der Waals surface area contributed by atoms with Crippen LogP contribution in [0.15, 0.2) is 47.9 Å². The molecule has 1 aromatic heterocycles. The molecule has 2 saturated heterocycles. The lowest BCUT2D eigenvalue weighted by Crippen LogP contribution is -2.57. The standard InChI is InChI=1S/C19H24N4O4S/c1-22-12-16(20-13-22)28(26,27)23-9-7-19(8-10-23)11-15(24)17(21-18(19)25)14-5-3-2-4-6-14/h2-6,12-13,15,17,24H,7-11H2,1H3,(H,21,25)/t15-,17+/m1/s1. The topological polar surface area (TPSA) is 105 Å². The highest BCUT2D eigenvalue weighted by Gasteiger charge is 2.50. The van der Waals surface area contributed by atoms with Gasteiger partial charge in [-0.3, -0.25) is 4.79 Å². The maximum Gasteiger partial charge on any atom is 0.262 e. The zero-order chi connectivity index (χ0) is 19.9. The number of piperidine rings is 2. The summed E-state index contributed by atoms with van der Waals surface area (Å²) in [6.45, 7) is 0.462. The van der Waals surface area contributed by atoms with Gasteiger partial charge in [-0.15, -0.1) is 0 Å². The Morgan fingerprint density at radius 2 is 1.89 bits per heavy atom. The van der Waals surface area contributed by atoms with E-state index in [2.05, 4.69) is 10.3 Å². The lowest BCUT2D eigenvalue weighted by Gasteiger charge is -2.46. The van der Waals surface area contributed by atoms with Crippen LogP contribution in [0.25, 0.3) is 0 Å². The third-order valence-electron chi connectivity index (χ3n) is 5.88. The summed E-state index contributed by atoms with van der Waals surface area (Å²) >= 11 is 0. The van der Waals surface area contributed by atoms with Crippen molar-refractivity contribution in [2.75, 3.05) is 13.1 Å². The van der Waals surface area contributed by atoms with E-state index in [0.29, 0.717) is 19.3 Å². The average molecular weight is 404 g/mol. The number of sulfonamides is 1. The van der Waals surface area contributed by atoms with Gasteiger partial charge in [0.15, 0.2) is 5.03 Å². The summed E-state index contributed by atoms with van der Waals surface area (Å²) in [4.78, 5) is 16.9. The zero-order valence-electron chi connectivity index (χ0n) is 15.7. The van der Waals surface area contributed by atoms with Gasteiger partial charge in [-0.05, 0) is 24.8 Å². The molecule has 0 radical (unpaired) electrons. The van der Waals surface area contributed by atoms with E-state index in [9.17, 15) is 18.3 Å². The van der Waals surface area contributed by atoms with Crippen LogP contribution in [-0.4, -0.2) is 52.5 Å². The first kappa shape index (κ1) is 19.1. The van der Waals surface area contributed by atoms with Crippen molar-refractivity contribution in [1.82, 2.24) is 19.2 Å². The number of aliphatic hydroxyl groups excluding tert-OH is 1. The molecule has 3 heterocycles. The maximum atomic E-state index is 12.9. The van der Waals surface area contributed by atoms with Gasteiger partial charge >= 0.3 is 0 Å². The van der Waals surface area contributed by atoms with Crippen LogP contribution in [0.1, 0.15) is 30.9 Å². The van der Waals surface area contributed by atoms with Crippen LogP contribution in [0.5, 0.6) is 0 Å². The molecule has 0 unspecified atom stereocenters. The van der Waals surface area contributed by atoms with E-state index in [-0.39, 0.29) is 24.0 Å². The van der Waals surface area contributed by atoms with Crippen LogP contribution >= 0.6 is 0 Å². The monoisotopic (exact) mass is 404 g/mol. The summed E-state index contributed by atoms with van der Waals surface area (Å²) in [6.07, 6.45) is 3.30. The fourth-order valence-corrected chi connectivity index (χ4v) is 5.62. The molecule has 2 atom stereocenters. The number of rotatable bonds is 3. The van der Waals surface area contributed by atoms with Crippen molar-refractivity contribution in [3.05, 3.63) is 48.4 Å². The molecule has 9 heteroatoms. The van der Waals surface area contributed by atoms with Crippen molar-refractivity contribution in [3.63, 3.8) is 0 Å². The van der Waals surface area contributed by atoms with E-state index in [1.165, 1.54) is 16.8 Å². The Labute approximate surface area is 164 Å². The molecule has 4 rings (SSSR count). The minimum absolute atomic E-state index is 0.0169. The maximum absolute atomic E-state index is 12.9. The second-order valence-electron chi connectivity index (χ2n) is 7.70. The number of hydrogen-bond donors (Lipinski definition) is 2. The molecule has 150 valence electrons. The van der Waals surface area contributed by atoms with Crippen LogP contribution < -0.4 is 5.32 Å². The van der Waals surface area contributed by atoms with Gasteiger partial charge in [0, 0.05) is 26.3 Å². The lowest BCUT2D eigenvalue weighted by molar-refractivity contribution is -0.143. The van der Waals surface area contributed by atoms with Gasteiger partial charge in [0.25, 0.3) is 10.0 Å². The van der Waals surface area contributed by atoms with Gasteiger partial charge in [-0.25, -0.2) is 13.4 Å². The van der Waals surface area contributed by atoms with Crippen LogP contribution in [0, 0.1) is 5.41 Å². The number of carbonyl (C=O) groups excluding carboxylic acids is 1. The molecule has 1 spiro atoms. The van der Waals surface area contributed by atoms with Crippen molar-refractivity contribution >= 4 is 15.9 Å².